The van der Waals surface area contributed by atoms with E-state index >= 15 is 0 Å². The van der Waals surface area contributed by atoms with Crippen LogP contribution in [0.5, 0.6) is 0 Å². The molecule has 252 valence electrons. The highest BCUT2D eigenvalue weighted by Gasteiger charge is 2.52. The number of nitriles is 1. The second kappa shape index (κ2) is 14.8. The average Bonchev–Trinajstić information content (AvgIpc) is 3.75. The second-order valence-corrected chi connectivity index (χ2v) is 13.9. The fourth-order valence-corrected chi connectivity index (χ4v) is 7.41. The van der Waals surface area contributed by atoms with E-state index in [0.717, 1.165) is 59.3 Å². The third kappa shape index (κ3) is 7.11. The van der Waals surface area contributed by atoms with Crippen molar-refractivity contribution in [2.75, 3.05) is 41.8 Å². The smallest absolute Gasteiger partial charge is 0.253 e. The third-order valence-electron chi connectivity index (χ3n) is 9.88. The molecule has 1 amide bonds. The lowest BCUT2D eigenvalue weighted by Crippen LogP contribution is -2.48. The molecule has 2 aromatic carbocycles. The van der Waals surface area contributed by atoms with Crippen LogP contribution in [-0.2, 0) is 18.3 Å². The first-order valence-corrected chi connectivity index (χ1v) is 17.0. The molecule has 2 fully saturated rings. The van der Waals surface area contributed by atoms with Crippen LogP contribution in [0.15, 0.2) is 60.2 Å². The number of carbonyl (C=O) groups excluding carboxylic acids is 1. The van der Waals surface area contributed by atoms with Gasteiger partial charge in [-0.05, 0) is 91.0 Å². The van der Waals surface area contributed by atoms with E-state index in [9.17, 15) is 10.1 Å². The van der Waals surface area contributed by atoms with E-state index < -0.39 is 5.41 Å². The van der Waals surface area contributed by atoms with Crippen LogP contribution in [0.4, 0.5) is 0 Å². The van der Waals surface area contributed by atoms with E-state index in [1.165, 1.54) is 12.0 Å². The number of aryl methyl sites for hydroxylation is 2. The van der Waals surface area contributed by atoms with Crippen molar-refractivity contribution in [1.82, 2.24) is 20.0 Å². The summed E-state index contributed by atoms with van der Waals surface area (Å²) in [6, 6.07) is 15.5. The van der Waals surface area contributed by atoms with Gasteiger partial charge in [0.25, 0.3) is 5.91 Å². The minimum atomic E-state index is -0.717. The van der Waals surface area contributed by atoms with E-state index in [1.807, 2.05) is 31.1 Å². The first-order chi connectivity index (χ1) is 22.3. The Balaban J connectivity index is 0.00000160. The van der Waals surface area contributed by atoms with Crippen molar-refractivity contribution >= 4 is 17.4 Å². The number of hydrogen-bond donors (Lipinski definition) is 2. The molecule has 8 nitrogen and oxygen atoms in total. The molecule has 5 rings (SSSR count). The Bertz CT molecular complexity index is 1490. The number of piperidine rings is 1. The van der Waals surface area contributed by atoms with Crippen molar-refractivity contribution < 1.29 is 4.79 Å². The van der Waals surface area contributed by atoms with Gasteiger partial charge in [0.1, 0.15) is 11.9 Å². The van der Waals surface area contributed by atoms with Gasteiger partial charge in [-0.15, -0.1) is 0 Å². The van der Waals surface area contributed by atoms with Crippen molar-refractivity contribution in [2.45, 2.75) is 82.8 Å². The summed E-state index contributed by atoms with van der Waals surface area (Å²) < 4.78 is 0. The molecular weight excluding hydrogens is 582 g/mol. The minimum Gasteiger partial charge on any atom is -0.386 e. The molecule has 8 heteroatoms. The predicted molar refractivity (Wildman–Crippen MR) is 194 cm³/mol. The van der Waals surface area contributed by atoms with Gasteiger partial charge >= 0.3 is 0 Å². The van der Waals surface area contributed by atoms with Crippen molar-refractivity contribution in [3.05, 3.63) is 88.6 Å². The molecular formula is C39H55N7O. The Hall–Kier alpha value is -4.09. The molecule has 1 saturated carbocycles. The van der Waals surface area contributed by atoms with Crippen LogP contribution in [0.2, 0.25) is 0 Å². The standard InChI is InChI=1S/C36H47N7O.C3H8/c1-22(40-21-23(2)43-30(20-37)17-29-18-33(29)43)19-36(35(38)39-4)31-13-11-25(24(3)41(5)6)15-26(31)9-10-27-16-28(12-14-32(27)36)34(44)42(7)8;1-3-2/h11-16,22,29-30,33,40H,2-3,9-10,17-19,21H2,1,4-8H3,(H2,38,39);3H2,1-2H3/t22-,29?,30?,33?,36?;/m1./s1. The number of hydrogen-bond acceptors (Lipinski definition) is 6. The molecule has 2 aliphatic carbocycles. The lowest BCUT2D eigenvalue weighted by atomic mass is 9.67. The van der Waals surface area contributed by atoms with Crippen molar-refractivity contribution in [1.29, 1.82) is 5.26 Å². The zero-order chi connectivity index (χ0) is 34.6. The predicted octanol–water partition coefficient (Wildman–Crippen LogP) is 5.58. The van der Waals surface area contributed by atoms with Gasteiger partial charge < -0.3 is 25.8 Å². The molecule has 0 radical (unpaired) electrons. The molecule has 4 unspecified atom stereocenters. The number of amidine groups is 1. The van der Waals surface area contributed by atoms with Crippen molar-refractivity contribution in [2.24, 2.45) is 16.6 Å². The summed E-state index contributed by atoms with van der Waals surface area (Å²) >= 11 is 0. The van der Waals surface area contributed by atoms with Crippen LogP contribution in [0.1, 0.15) is 84.6 Å². The van der Waals surface area contributed by atoms with E-state index in [2.05, 4.69) is 79.5 Å². The molecule has 1 aliphatic heterocycles. The number of nitrogens with one attached hydrogen (secondary N) is 1. The fourth-order valence-electron chi connectivity index (χ4n) is 7.41. The number of likely N-dealkylation sites (tertiary alicyclic amines) is 1. The van der Waals surface area contributed by atoms with Gasteiger partial charge in [0.05, 0.1) is 11.5 Å². The molecule has 3 aliphatic rings. The first kappa shape index (κ1) is 35.8. The van der Waals surface area contributed by atoms with E-state index in [4.69, 9.17) is 5.73 Å². The quantitative estimate of drug-likeness (QED) is 0.261. The van der Waals surface area contributed by atoms with Crippen LogP contribution in [-0.4, -0.2) is 86.4 Å². The summed E-state index contributed by atoms with van der Waals surface area (Å²) in [5.41, 5.74) is 14.5. The SMILES string of the molecule is C=C(c1ccc2c(c1)CCc1cc(C(=O)N(C)C)ccc1C2(C[C@@H](C)NCC(=C)N1C(C#N)CC2CC21)C(N)=NC)N(C)C.CCC. The Morgan fingerprint density at radius 3 is 2.17 bits per heavy atom. The number of aliphatic imine (C=N–C) groups is 1. The highest BCUT2D eigenvalue weighted by Crippen LogP contribution is 2.49. The molecule has 1 saturated heterocycles. The number of amides is 1. The number of nitrogens with two attached hydrogens (primary N) is 1. The first-order valence-electron chi connectivity index (χ1n) is 17.0. The summed E-state index contributed by atoms with van der Waals surface area (Å²) in [5.74, 6) is 1.16. The van der Waals surface area contributed by atoms with Gasteiger partial charge in [-0.1, -0.05) is 51.6 Å². The topological polar surface area (TPSA) is 101 Å². The van der Waals surface area contributed by atoms with Gasteiger partial charge in [-0.2, -0.15) is 5.26 Å². The highest BCUT2D eigenvalue weighted by molar-refractivity contribution is 5.98. The van der Waals surface area contributed by atoms with Gasteiger partial charge in [0.2, 0.25) is 0 Å². The Labute approximate surface area is 283 Å². The van der Waals surface area contributed by atoms with Crippen molar-refractivity contribution in [3.8, 4) is 6.07 Å². The van der Waals surface area contributed by atoms with Crippen LogP contribution in [0.3, 0.4) is 0 Å². The summed E-state index contributed by atoms with van der Waals surface area (Å²) in [7, 11) is 9.32. The highest BCUT2D eigenvalue weighted by atomic mass is 16.2. The molecule has 0 spiro atoms. The number of rotatable bonds is 10. The zero-order valence-corrected chi connectivity index (χ0v) is 29.9. The third-order valence-corrected chi connectivity index (χ3v) is 9.88. The molecule has 0 bridgehead atoms. The van der Waals surface area contributed by atoms with Gasteiger partial charge in [0.15, 0.2) is 0 Å². The molecule has 0 aromatic heterocycles. The largest absolute Gasteiger partial charge is 0.386 e. The molecule has 3 N–H and O–H groups in total. The van der Waals surface area contributed by atoms with Crippen LogP contribution in [0.25, 0.3) is 5.70 Å². The molecule has 5 atom stereocenters. The van der Waals surface area contributed by atoms with Crippen LogP contribution >= 0.6 is 0 Å². The molecule has 1 heterocycles. The molecule has 47 heavy (non-hydrogen) atoms. The second-order valence-electron chi connectivity index (χ2n) is 13.9. The lowest BCUT2D eigenvalue weighted by Gasteiger charge is -2.39. The number of carbonyl (C=O) groups is 1. The summed E-state index contributed by atoms with van der Waals surface area (Å²) in [6.07, 6.45) is 5.59. The lowest BCUT2D eigenvalue weighted by molar-refractivity contribution is 0.0827. The minimum absolute atomic E-state index is 0.0223. The molecule has 2 aromatic rings. The van der Waals surface area contributed by atoms with Crippen LogP contribution < -0.4 is 11.1 Å². The monoisotopic (exact) mass is 637 g/mol. The maximum atomic E-state index is 13.0. The Kier molecular flexibility index (Phi) is 11.2. The maximum absolute atomic E-state index is 13.0. The van der Waals surface area contributed by atoms with Gasteiger partial charge in [0, 0.05) is 70.8 Å². The summed E-state index contributed by atoms with van der Waals surface area (Å²) in [5, 5.41) is 13.4. The average molecular weight is 638 g/mol. The number of benzene rings is 2. The Morgan fingerprint density at radius 2 is 1.64 bits per heavy atom. The van der Waals surface area contributed by atoms with Gasteiger partial charge in [-0.3, -0.25) is 9.79 Å². The van der Waals surface area contributed by atoms with Crippen molar-refractivity contribution in [3.63, 3.8) is 0 Å². The number of fused-ring (bicyclic) bond motifs is 3. The normalized spacial score (nSPS) is 23.1. The fraction of sp³-hybridized carbons (Fsp3) is 0.513. The van der Waals surface area contributed by atoms with E-state index in [0.29, 0.717) is 36.3 Å². The Morgan fingerprint density at radius 1 is 1.06 bits per heavy atom. The van der Waals surface area contributed by atoms with E-state index in [-0.39, 0.29) is 18.0 Å². The van der Waals surface area contributed by atoms with E-state index in [1.54, 1.807) is 26.0 Å². The maximum Gasteiger partial charge on any atom is 0.253 e. The summed E-state index contributed by atoms with van der Waals surface area (Å²) in [6.45, 7) is 15.7. The zero-order valence-electron chi connectivity index (χ0n) is 29.9. The van der Waals surface area contributed by atoms with Gasteiger partial charge in [-0.25, -0.2) is 0 Å². The summed E-state index contributed by atoms with van der Waals surface area (Å²) in [4.78, 5) is 23.5. The number of nitrogens with zero attached hydrogens (tertiary/aromatic N) is 5. The van der Waals surface area contributed by atoms with Crippen LogP contribution in [0, 0.1) is 17.2 Å².